The summed E-state index contributed by atoms with van der Waals surface area (Å²) in [6.07, 6.45) is 2.91. The minimum Gasteiger partial charge on any atom is -0.370 e. The van der Waals surface area contributed by atoms with Crippen LogP contribution in [0, 0.1) is 0 Å². The van der Waals surface area contributed by atoms with Crippen LogP contribution in [0.2, 0.25) is 0 Å². The number of hydrogen-bond acceptors (Lipinski definition) is 1. The standard InChI is InChI=1S/C12H17N5/c13-11(14)17-12(15)16-10-6-5-8-3-1-2-4-9(8)7-10/h1-4,10H,5-7H2,(H6,13,14,15,16,17). The molecular weight excluding hydrogens is 214 g/mol. The number of aryl methyl sites for hydroxylation is 1. The highest BCUT2D eigenvalue weighted by Gasteiger charge is 2.17. The third-order valence-electron chi connectivity index (χ3n) is 2.88. The molecule has 90 valence electrons. The Hall–Kier alpha value is -2.04. The Morgan fingerprint density at radius 2 is 1.82 bits per heavy atom. The van der Waals surface area contributed by atoms with E-state index < -0.39 is 0 Å². The second kappa shape index (κ2) is 4.86. The first kappa shape index (κ1) is 11.4. The van der Waals surface area contributed by atoms with Crippen LogP contribution in [0.5, 0.6) is 0 Å². The number of nitrogens with zero attached hydrogens (tertiary/aromatic N) is 2. The van der Waals surface area contributed by atoms with E-state index in [1.165, 1.54) is 11.1 Å². The molecule has 0 aliphatic heterocycles. The van der Waals surface area contributed by atoms with Gasteiger partial charge in [-0.2, -0.15) is 4.99 Å². The smallest absolute Gasteiger partial charge is 0.218 e. The average Bonchev–Trinajstić information content (AvgIpc) is 2.27. The fourth-order valence-electron chi connectivity index (χ4n) is 2.14. The molecule has 1 aliphatic rings. The molecule has 0 saturated heterocycles. The lowest BCUT2D eigenvalue weighted by Gasteiger charge is -2.21. The SMILES string of the molecule is NC(N)=NC(N)=NC1CCc2ccccc2C1. The number of rotatable bonds is 1. The van der Waals surface area contributed by atoms with E-state index in [0.29, 0.717) is 0 Å². The van der Waals surface area contributed by atoms with Crippen LogP contribution in [0.1, 0.15) is 17.5 Å². The van der Waals surface area contributed by atoms with Gasteiger partial charge in [-0.3, -0.25) is 0 Å². The molecule has 0 heterocycles. The van der Waals surface area contributed by atoms with Gasteiger partial charge in [0.1, 0.15) is 0 Å². The summed E-state index contributed by atoms with van der Waals surface area (Å²) in [6.45, 7) is 0. The monoisotopic (exact) mass is 231 g/mol. The van der Waals surface area contributed by atoms with Crippen LogP contribution in [0.15, 0.2) is 34.3 Å². The first-order valence-electron chi connectivity index (χ1n) is 5.65. The molecule has 2 rings (SSSR count). The zero-order valence-electron chi connectivity index (χ0n) is 9.63. The molecule has 0 radical (unpaired) electrons. The van der Waals surface area contributed by atoms with E-state index in [0.717, 1.165) is 19.3 Å². The Labute approximate surface area is 100 Å². The fourth-order valence-corrected chi connectivity index (χ4v) is 2.14. The van der Waals surface area contributed by atoms with Gasteiger partial charge in [0.05, 0.1) is 6.04 Å². The number of guanidine groups is 2. The first-order chi connectivity index (χ1) is 8.15. The minimum atomic E-state index is -0.0533. The summed E-state index contributed by atoms with van der Waals surface area (Å²) in [6, 6.07) is 8.58. The highest BCUT2D eigenvalue weighted by Crippen LogP contribution is 2.22. The van der Waals surface area contributed by atoms with Crippen molar-refractivity contribution in [2.75, 3.05) is 0 Å². The maximum absolute atomic E-state index is 5.63. The Morgan fingerprint density at radius 1 is 1.12 bits per heavy atom. The number of benzene rings is 1. The molecule has 5 heteroatoms. The summed E-state index contributed by atoms with van der Waals surface area (Å²) in [4.78, 5) is 8.05. The van der Waals surface area contributed by atoms with Crippen molar-refractivity contribution in [2.24, 2.45) is 27.2 Å². The van der Waals surface area contributed by atoms with E-state index in [4.69, 9.17) is 17.2 Å². The summed E-state index contributed by atoms with van der Waals surface area (Å²) in [5.41, 5.74) is 18.9. The van der Waals surface area contributed by atoms with Crippen LogP contribution in [0.25, 0.3) is 0 Å². The Morgan fingerprint density at radius 3 is 2.53 bits per heavy atom. The van der Waals surface area contributed by atoms with E-state index in [-0.39, 0.29) is 18.0 Å². The van der Waals surface area contributed by atoms with Crippen molar-refractivity contribution < 1.29 is 0 Å². The van der Waals surface area contributed by atoms with Crippen LogP contribution < -0.4 is 17.2 Å². The lowest BCUT2D eigenvalue weighted by atomic mass is 9.89. The molecule has 17 heavy (non-hydrogen) atoms. The van der Waals surface area contributed by atoms with Crippen LogP contribution in [0.3, 0.4) is 0 Å². The molecule has 0 aromatic heterocycles. The summed E-state index contributed by atoms with van der Waals surface area (Å²) >= 11 is 0. The van der Waals surface area contributed by atoms with Crippen molar-refractivity contribution in [1.29, 1.82) is 0 Å². The van der Waals surface area contributed by atoms with E-state index in [1.54, 1.807) is 0 Å². The molecule has 6 N–H and O–H groups in total. The Balaban J connectivity index is 2.10. The van der Waals surface area contributed by atoms with Gasteiger partial charge in [-0.05, 0) is 30.4 Å². The summed E-state index contributed by atoms with van der Waals surface area (Å²) in [5, 5.41) is 0. The molecule has 1 atom stereocenters. The zero-order valence-corrected chi connectivity index (χ0v) is 9.63. The molecule has 0 spiro atoms. The van der Waals surface area contributed by atoms with Crippen LogP contribution in [-0.4, -0.2) is 18.0 Å². The van der Waals surface area contributed by atoms with Crippen molar-refractivity contribution in [3.05, 3.63) is 35.4 Å². The van der Waals surface area contributed by atoms with Gasteiger partial charge < -0.3 is 17.2 Å². The second-order valence-electron chi connectivity index (χ2n) is 4.19. The van der Waals surface area contributed by atoms with Gasteiger partial charge in [0.2, 0.25) is 5.96 Å². The fraction of sp³-hybridized carbons (Fsp3) is 0.333. The van der Waals surface area contributed by atoms with Gasteiger partial charge in [0.15, 0.2) is 5.96 Å². The molecular formula is C12H17N5. The van der Waals surface area contributed by atoms with Crippen molar-refractivity contribution in [1.82, 2.24) is 0 Å². The van der Waals surface area contributed by atoms with Gasteiger partial charge in [-0.25, -0.2) is 4.99 Å². The van der Waals surface area contributed by atoms with Crippen molar-refractivity contribution in [2.45, 2.75) is 25.3 Å². The quantitative estimate of drug-likeness (QED) is 0.473. The molecule has 5 nitrogen and oxygen atoms in total. The predicted octanol–water partition coefficient (Wildman–Crippen LogP) is 0.132. The van der Waals surface area contributed by atoms with Crippen LogP contribution >= 0.6 is 0 Å². The molecule has 1 aliphatic carbocycles. The van der Waals surface area contributed by atoms with Crippen molar-refractivity contribution in [3.63, 3.8) is 0 Å². The molecule has 0 amide bonds. The summed E-state index contributed by atoms with van der Waals surface area (Å²) in [7, 11) is 0. The first-order valence-corrected chi connectivity index (χ1v) is 5.65. The second-order valence-corrected chi connectivity index (χ2v) is 4.19. The van der Waals surface area contributed by atoms with Gasteiger partial charge in [0, 0.05) is 0 Å². The van der Waals surface area contributed by atoms with Crippen LogP contribution in [-0.2, 0) is 12.8 Å². The number of hydrogen-bond donors (Lipinski definition) is 3. The molecule has 0 fully saturated rings. The van der Waals surface area contributed by atoms with E-state index >= 15 is 0 Å². The van der Waals surface area contributed by atoms with Crippen molar-refractivity contribution in [3.8, 4) is 0 Å². The highest BCUT2D eigenvalue weighted by atomic mass is 15.1. The third-order valence-corrected chi connectivity index (χ3v) is 2.88. The molecule has 0 bridgehead atoms. The van der Waals surface area contributed by atoms with Gasteiger partial charge >= 0.3 is 0 Å². The largest absolute Gasteiger partial charge is 0.370 e. The molecule has 0 saturated carbocycles. The molecule has 1 aromatic carbocycles. The highest BCUT2D eigenvalue weighted by molar-refractivity contribution is 5.92. The summed E-state index contributed by atoms with van der Waals surface area (Å²) < 4.78 is 0. The average molecular weight is 231 g/mol. The zero-order chi connectivity index (χ0) is 12.3. The van der Waals surface area contributed by atoms with Gasteiger partial charge in [-0.1, -0.05) is 24.3 Å². The number of fused-ring (bicyclic) bond motifs is 1. The Kier molecular flexibility index (Phi) is 3.27. The van der Waals surface area contributed by atoms with E-state index in [1.807, 2.05) is 6.07 Å². The minimum absolute atomic E-state index is 0.0533. The number of aliphatic imine (C=N–C) groups is 2. The maximum Gasteiger partial charge on any atom is 0.218 e. The van der Waals surface area contributed by atoms with Gasteiger partial charge in [0.25, 0.3) is 0 Å². The number of nitrogens with two attached hydrogens (primary N) is 3. The lowest BCUT2D eigenvalue weighted by Crippen LogP contribution is -2.28. The van der Waals surface area contributed by atoms with Gasteiger partial charge in [-0.15, -0.1) is 0 Å². The molecule has 1 aromatic rings. The van der Waals surface area contributed by atoms with E-state index in [2.05, 4.69) is 28.2 Å². The topological polar surface area (TPSA) is 103 Å². The summed E-state index contributed by atoms with van der Waals surface area (Å²) in [5.74, 6) is 0.108. The lowest BCUT2D eigenvalue weighted by molar-refractivity contribution is 0.578. The third kappa shape index (κ3) is 2.96. The van der Waals surface area contributed by atoms with Crippen molar-refractivity contribution >= 4 is 11.9 Å². The maximum atomic E-state index is 5.63. The van der Waals surface area contributed by atoms with Crippen LogP contribution in [0.4, 0.5) is 0 Å². The normalized spacial score (nSPS) is 19.5. The van der Waals surface area contributed by atoms with E-state index in [9.17, 15) is 0 Å². The predicted molar refractivity (Wildman–Crippen MR) is 69.7 cm³/mol. The molecule has 1 unspecified atom stereocenters. The Bertz CT molecular complexity index is 460.